The van der Waals surface area contributed by atoms with Gasteiger partial charge in [-0.3, -0.25) is 0 Å². The lowest BCUT2D eigenvalue weighted by atomic mass is 10.1. The largest absolute Gasteiger partial charge is 0.312 e. The van der Waals surface area contributed by atoms with Gasteiger partial charge in [0.15, 0.2) is 0 Å². The van der Waals surface area contributed by atoms with E-state index in [9.17, 15) is 0 Å². The molecule has 0 radical (unpaired) electrons. The average molecular weight is 187 g/mol. The van der Waals surface area contributed by atoms with Crippen LogP contribution in [0.25, 0.3) is 0 Å². The molecule has 0 heterocycles. The zero-order valence-corrected chi connectivity index (χ0v) is 8.93. The van der Waals surface area contributed by atoms with Crippen LogP contribution in [0.4, 0.5) is 0 Å². The van der Waals surface area contributed by atoms with Crippen molar-refractivity contribution in [1.29, 1.82) is 0 Å². The van der Waals surface area contributed by atoms with E-state index < -0.39 is 0 Å². The zero-order valence-electron chi connectivity index (χ0n) is 8.93. The molecule has 1 aromatic carbocycles. The van der Waals surface area contributed by atoms with Gasteiger partial charge in [-0.2, -0.15) is 0 Å². The first-order valence-corrected chi connectivity index (χ1v) is 4.93. The zero-order chi connectivity index (χ0) is 10.4. The van der Waals surface area contributed by atoms with Crippen molar-refractivity contribution in [3.05, 3.63) is 34.9 Å². The molecule has 0 bridgehead atoms. The van der Waals surface area contributed by atoms with E-state index >= 15 is 0 Å². The minimum Gasteiger partial charge on any atom is -0.312 e. The van der Waals surface area contributed by atoms with Crippen molar-refractivity contribution in [1.82, 2.24) is 5.32 Å². The minimum atomic E-state index is 0.796. The molecular weight excluding hydrogens is 170 g/mol. The molecule has 1 heteroatoms. The molecular formula is C13H17N. The minimum absolute atomic E-state index is 0.796. The molecule has 1 rings (SSSR count). The van der Waals surface area contributed by atoms with Crippen LogP contribution in [0, 0.1) is 26.2 Å². The predicted molar refractivity (Wildman–Crippen MR) is 61.1 cm³/mol. The van der Waals surface area contributed by atoms with Crippen LogP contribution in [-0.4, -0.2) is 6.54 Å². The maximum atomic E-state index is 5.17. The first-order chi connectivity index (χ1) is 6.72. The van der Waals surface area contributed by atoms with Gasteiger partial charge >= 0.3 is 0 Å². The maximum Gasteiger partial charge on any atom is 0.0212 e. The van der Waals surface area contributed by atoms with E-state index in [0.717, 1.165) is 19.5 Å². The highest BCUT2D eigenvalue weighted by Crippen LogP contribution is 2.08. The summed E-state index contributed by atoms with van der Waals surface area (Å²) in [7, 11) is 0. The fraction of sp³-hybridized carbons (Fsp3) is 0.385. The number of terminal acetylenes is 1. The van der Waals surface area contributed by atoms with Gasteiger partial charge in [-0.25, -0.2) is 0 Å². The van der Waals surface area contributed by atoms with Crippen molar-refractivity contribution < 1.29 is 0 Å². The Labute approximate surface area is 86.5 Å². The van der Waals surface area contributed by atoms with Crippen LogP contribution >= 0.6 is 0 Å². The normalized spacial score (nSPS) is 9.79. The van der Waals surface area contributed by atoms with E-state index in [1.165, 1.54) is 16.7 Å². The van der Waals surface area contributed by atoms with Crippen LogP contribution in [-0.2, 0) is 6.54 Å². The molecule has 0 saturated heterocycles. The summed E-state index contributed by atoms with van der Waals surface area (Å²) in [5.41, 5.74) is 3.97. The van der Waals surface area contributed by atoms with Crippen molar-refractivity contribution >= 4 is 0 Å². The Morgan fingerprint density at radius 2 is 1.86 bits per heavy atom. The van der Waals surface area contributed by atoms with Gasteiger partial charge in [0.1, 0.15) is 0 Å². The van der Waals surface area contributed by atoms with Gasteiger partial charge in [0.25, 0.3) is 0 Å². The Bertz CT molecular complexity index is 313. The lowest BCUT2D eigenvalue weighted by Crippen LogP contribution is -2.14. The molecule has 1 aromatic rings. The highest BCUT2D eigenvalue weighted by atomic mass is 14.8. The van der Waals surface area contributed by atoms with Crippen molar-refractivity contribution in [3.63, 3.8) is 0 Å². The smallest absolute Gasteiger partial charge is 0.0212 e. The van der Waals surface area contributed by atoms with E-state index in [1.54, 1.807) is 0 Å². The third-order valence-electron chi connectivity index (χ3n) is 2.06. The molecule has 74 valence electrons. The molecule has 0 aliphatic heterocycles. The van der Waals surface area contributed by atoms with Gasteiger partial charge in [-0.1, -0.05) is 29.3 Å². The fourth-order valence-electron chi connectivity index (χ4n) is 1.56. The van der Waals surface area contributed by atoms with Crippen LogP contribution in [0.2, 0.25) is 0 Å². The van der Waals surface area contributed by atoms with Crippen LogP contribution in [0.1, 0.15) is 23.1 Å². The molecule has 0 aromatic heterocycles. The maximum absolute atomic E-state index is 5.17. The third kappa shape index (κ3) is 3.64. The van der Waals surface area contributed by atoms with E-state index in [2.05, 4.69) is 43.3 Å². The molecule has 0 aliphatic carbocycles. The Morgan fingerprint density at radius 3 is 2.43 bits per heavy atom. The number of hydrogen-bond donors (Lipinski definition) is 1. The van der Waals surface area contributed by atoms with Gasteiger partial charge in [-0.05, 0) is 19.4 Å². The van der Waals surface area contributed by atoms with Gasteiger partial charge in [0.2, 0.25) is 0 Å². The quantitative estimate of drug-likeness (QED) is 0.564. The molecule has 0 fully saturated rings. The number of benzene rings is 1. The molecule has 0 atom stereocenters. The number of aryl methyl sites for hydroxylation is 2. The summed E-state index contributed by atoms with van der Waals surface area (Å²) in [6.45, 7) is 6.05. The summed E-state index contributed by atoms with van der Waals surface area (Å²) >= 11 is 0. The van der Waals surface area contributed by atoms with Gasteiger partial charge in [0, 0.05) is 19.5 Å². The Hall–Kier alpha value is -1.26. The first kappa shape index (κ1) is 10.8. The summed E-state index contributed by atoms with van der Waals surface area (Å²) in [4.78, 5) is 0. The molecule has 1 N–H and O–H groups in total. The predicted octanol–water partition coefficient (Wildman–Crippen LogP) is 2.42. The summed E-state index contributed by atoms with van der Waals surface area (Å²) in [5, 5.41) is 3.31. The van der Waals surface area contributed by atoms with Crippen LogP contribution in [0.3, 0.4) is 0 Å². The molecule has 0 unspecified atom stereocenters. The third-order valence-corrected chi connectivity index (χ3v) is 2.06. The Kier molecular flexibility index (Phi) is 4.22. The molecule has 0 amide bonds. The molecule has 14 heavy (non-hydrogen) atoms. The van der Waals surface area contributed by atoms with E-state index in [0.29, 0.717) is 0 Å². The Morgan fingerprint density at radius 1 is 1.21 bits per heavy atom. The van der Waals surface area contributed by atoms with Crippen molar-refractivity contribution in [2.24, 2.45) is 0 Å². The van der Waals surface area contributed by atoms with Gasteiger partial charge < -0.3 is 5.32 Å². The van der Waals surface area contributed by atoms with E-state index in [4.69, 9.17) is 6.42 Å². The summed E-state index contributed by atoms with van der Waals surface area (Å²) < 4.78 is 0. The molecule has 0 aliphatic rings. The first-order valence-electron chi connectivity index (χ1n) is 4.93. The second-order valence-electron chi connectivity index (χ2n) is 3.63. The van der Waals surface area contributed by atoms with Gasteiger partial charge in [-0.15, -0.1) is 12.3 Å². The molecule has 1 nitrogen and oxygen atoms in total. The van der Waals surface area contributed by atoms with Crippen molar-refractivity contribution in [3.8, 4) is 12.3 Å². The monoisotopic (exact) mass is 187 g/mol. The van der Waals surface area contributed by atoms with E-state index in [1.807, 2.05) is 0 Å². The van der Waals surface area contributed by atoms with Crippen molar-refractivity contribution in [2.75, 3.05) is 6.54 Å². The lowest BCUT2D eigenvalue weighted by molar-refractivity contribution is 0.700. The highest BCUT2D eigenvalue weighted by molar-refractivity contribution is 5.28. The SMILES string of the molecule is C#CCCNCc1cc(C)cc(C)c1. The molecule has 0 saturated carbocycles. The number of rotatable bonds is 4. The second-order valence-corrected chi connectivity index (χ2v) is 3.63. The average Bonchev–Trinajstić information content (AvgIpc) is 2.11. The summed E-state index contributed by atoms with van der Waals surface area (Å²) in [6, 6.07) is 6.59. The second kappa shape index (κ2) is 5.47. The van der Waals surface area contributed by atoms with Crippen LogP contribution < -0.4 is 5.32 Å². The highest BCUT2D eigenvalue weighted by Gasteiger charge is 1.94. The Balaban J connectivity index is 2.47. The fourth-order valence-corrected chi connectivity index (χ4v) is 1.56. The standard InChI is InChI=1S/C13H17N/c1-4-5-6-14-10-13-8-11(2)7-12(3)9-13/h1,7-9,14H,5-6,10H2,2-3H3. The number of nitrogens with one attached hydrogen (secondary N) is 1. The summed E-state index contributed by atoms with van der Waals surface area (Å²) in [6.07, 6.45) is 5.96. The van der Waals surface area contributed by atoms with Crippen molar-refractivity contribution in [2.45, 2.75) is 26.8 Å². The van der Waals surface area contributed by atoms with Gasteiger partial charge in [0.05, 0.1) is 0 Å². The van der Waals surface area contributed by atoms with Crippen LogP contribution in [0.5, 0.6) is 0 Å². The molecule has 0 spiro atoms. The topological polar surface area (TPSA) is 12.0 Å². The lowest BCUT2D eigenvalue weighted by Gasteiger charge is -2.05. The van der Waals surface area contributed by atoms with Crippen LogP contribution in [0.15, 0.2) is 18.2 Å². The number of hydrogen-bond acceptors (Lipinski definition) is 1. The van der Waals surface area contributed by atoms with E-state index in [-0.39, 0.29) is 0 Å². The summed E-state index contributed by atoms with van der Waals surface area (Å²) in [5.74, 6) is 2.61.